The summed E-state index contributed by atoms with van der Waals surface area (Å²) < 4.78 is 4.85. The maximum Gasteiger partial charge on any atom is 0.305 e. The Hall–Kier alpha value is -0.530. The standard InChI is InChI=1S/C13H25N3O2.HI/c1-3-18-12(17)5-4-8-15-13(14)16-9-6-11(2)7-10-16;/h11H,3-10H2,1-2H3,(H2,14,15);1H. The molecule has 0 spiro atoms. The van der Waals surface area contributed by atoms with Crippen molar-refractivity contribution in [1.82, 2.24) is 4.90 Å². The van der Waals surface area contributed by atoms with Crippen LogP contribution in [0.5, 0.6) is 0 Å². The van der Waals surface area contributed by atoms with Crippen LogP contribution in [0, 0.1) is 5.92 Å². The van der Waals surface area contributed by atoms with E-state index in [1.807, 2.05) is 6.92 Å². The minimum Gasteiger partial charge on any atom is -0.466 e. The summed E-state index contributed by atoms with van der Waals surface area (Å²) in [5, 5.41) is 0. The van der Waals surface area contributed by atoms with Crippen LogP contribution in [0.2, 0.25) is 0 Å². The summed E-state index contributed by atoms with van der Waals surface area (Å²) in [5.74, 6) is 1.25. The maximum absolute atomic E-state index is 11.1. The van der Waals surface area contributed by atoms with Gasteiger partial charge in [0, 0.05) is 26.1 Å². The largest absolute Gasteiger partial charge is 0.466 e. The zero-order valence-corrected chi connectivity index (χ0v) is 14.3. The Bertz CT molecular complexity index is 290. The van der Waals surface area contributed by atoms with Gasteiger partial charge >= 0.3 is 5.97 Å². The summed E-state index contributed by atoms with van der Waals surface area (Å²) in [6, 6.07) is 0. The number of halogens is 1. The number of carbonyl (C=O) groups is 1. The molecule has 0 bridgehead atoms. The van der Waals surface area contributed by atoms with Crippen LogP contribution in [0.25, 0.3) is 0 Å². The van der Waals surface area contributed by atoms with Gasteiger partial charge < -0.3 is 15.4 Å². The molecule has 19 heavy (non-hydrogen) atoms. The molecule has 0 aromatic heterocycles. The number of piperidine rings is 1. The fourth-order valence-electron chi connectivity index (χ4n) is 1.99. The van der Waals surface area contributed by atoms with E-state index in [2.05, 4.69) is 16.8 Å². The van der Waals surface area contributed by atoms with Gasteiger partial charge in [-0.05, 0) is 32.1 Å². The van der Waals surface area contributed by atoms with Gasteiger partial charge in [-0.1, -0.05) is 6.92 Å². The molecular formula is C13H26IN3O2. The molecule has 0 atom stereocenters. The van der Waals surface area contributed by atoms with Crippen molar-refractivity contribution in [3.8, 4) is 0 Å². The summed E-state index contributed by atoms with van der Waals surface area (Å²) in [6.45, 7) is 7.10. The highest BCUT2D eigenvalue weighted by Crippen LogP contribution is 2.15. The summed E-state index contributed by atoms with van der Waals surface area (Å²) in [6.07, 6.45) is 3.48. The van der Waals surface area contributed by atoms with Gasteiger partial charge in [-0.2, -0.15) is 0 Å². The number of nitrogens with zero attached hydrogens (tertiary/aromatic N) is 2. The fourth-order valence-corrected chi connectivity index (χ4v) is 1.99. The van der Waals surface area contributed by atoms with Crippen molar-refractivity contribution in [3.05, 3.63) is 0 Å². The molecule has 5 nitrogen and oxygen atoms in total. The van der Waals surface area contributed by atoms with Crippen LogP contribution in [0.1, 0.15) is 39.5 Å². The van der Waals surface area contributed by atoms with E-state index in [0.717, 1.165) is 19.0 Å². The highest BCUT2D eigenvalue weighted by Gasteiger charge is 2.16. The van der Waals surface area contributed by atoms with E-state index >= 15 is 0 Å². The monoisotopic (exact) mass is 383 g/mol. The Kier molecular flexibility index (Phi) is 9.99. The van der Waals surface area contributed by atoms with E-state index < -0.39 is 0 Å². The molecule has 2 N–H and O–H groups in total. The van der Waals surface area contributed by atoms with Crippen molar-refractivity contribution >= 4 is 35.9 Å². The topological polar surface area (TPSA) is 67.9 Å². The van der Waals surface area contributed by atoms with Gasteiger partial charge in [0.15, 0.2) is 5.96 Å². The third-order valence-corrected chi connectivity index (χ3v) is 3.23. The van der Waals surface area contributed by atoms with E-state index in [-0.39, 0.29) is 29.9 Å². The molecule has 1 aliphatic heterocycles. The number of guanidine groups is 1. The van der Waals surface area contributed by atoms with Crippen LogP contribution in [-0.4, -0.2) is 43.1 Å². The van der Waals surface area contributed by atoms with Gasteiger partial charge in [0.2, 0.25) is 0 Å². The van der Waals surface area contributed by atoms with Crippen molar-refractivity contribution in [2.24, 2.45) is 16.6 Å². The highest BCUT2D eigenvalue weighted by molar-refractivity contribution is 14.0. The lowest BCUT2D eigenvalue weighted by Gasteiger charge is -2.31. The Labute approximate surface area is 133 Å². The predicted octanol–water partition coefficient (Wildman–Crippen LogP) is 1.99. The summed E-state index contributed by atoms with van der Waals surface area (Å²) in [7, 11) is 0. The number of hydrogen-bond donors (Lipinski definition) is 1. The predicted molar refractivity (Wildman–Crippen MR) is 87.7 cm³/mol. The van der Waals surface area contributed by atoms with E-state index in [4.69, 9.17) is 10.5 Å². The summed E-state index contributed by atoms with van der Waals surface area (Å²) >= 11 is 0. The normalized spacial score (nSPS) is 16.9. The first-order chi connectivity index (χ1) is 8.63. The van der Waals surface area contributed by atoms with E-state index in [1.54, 1.807) is 0 Å². The Morgan fingerprint density at radius 3 is 2.63 bits per heavy atom. The molecule has 0 aromatic rings. The van der Waals surface area contributed by atoms with E-state index in [1.165, 1.54) is 12.8 Å². The van der Waals surface area contributed by atoms with Crippen LogP contribution < -0.4 is 5.73 Å². The summed E-state index contributed by atoms with van der Waals surface area (Å²) in [5.41, 5.74) is 5.93. The average Bonchev–Trinajstić information content (AvgIpc) is 2.35. The molecular weight excluding hydrogens is 357 g/mol. The maximum atomic E-state index is 11.1. The van der Waals surface area contributed by atoms with Crippen molar-refractivity contribution in [3.63, 3.8) is 0 Å². The fraction of sp³-hybridized carbons (Fsp3) is 0.846. The van der Waals surface area contributed by atoms with Crippen LogP contribution in [0.3, 0.4) is 0 Å². The molecule has 0 aromatic carbocycles. The number of likely N-dealkylation sites (tertiary alicyclic amines) is 1. The third kappa shape index (κ3) is 7.59. The number of nitrogens with two attached hydrogens (primary N) is 1. The molecule has 1 aliphatic rings. The van der Waals surface area contributed by atoms with Gasteiger partial charge in [0.1, 0.15) is 0 Å². The number of hydrogen-bond acceptors (Lipinski definition) is 3. The van der Waals surface area contributed by atoms with Gasteiger partial charge in [0.25, 0.3) is 0 Å². The van der Waals surface area contributed by atoms with Crippen LogP contribution in [0.15, 0.2) is 4.99 Å². The van der Waals surface area contributed by atoms with Gasteiger partial charge in [-0.15, -0.1) is 24.0 Å². The zero-order valence-electron chi connectivity index (χ0n) is 11.9. The molecule has 112 valence electrons. The number of aliphatic imine (C=N–C) groups is 1. The smallest absolute Gasteiger partial charge is 0.305 e. The first-order valence-electron chi connectivity index (χ1n) is 6.84. The SMILES string of the molecule is CCOC(=O)CCCN=C(N)N1CCC(C)CC1.I. The van der Waals surface area contributed by atoms with Gasteiger partial charge in [-0.3, -0.25) is 9.79 Å². The molecule has 0 aliphatic carbocycles. The average molecular weight is 383 g/mol. The number of esters is 1. The third-order valence-electron chi connectivity index (χ3n) is 3.23. The van der Waals surface area contributed by atoms with Crippen molar-refractivity contribution in [1.29, 1.82) is 0 Å². The second-order valence-electron chi connectivity index (χ2n) is 4.82. The van der Waals surface area contributed by atoms with Gasteiger partial charge in [-0.25, -0.2) is 0 Å². The minimum atomic E-state index is -0.155. The number of rotatable bonds is 5. The number of ether oxygens (including phenoxy) is 1. The highest BCUT2D eigenvalue weighted by atomic mass is 127. The quantitative estimate of drug-likeness (QED) is 0.259. The molecule has 1 heterocycles. The van der Waals surface area contributed by atoms with Crippen LogP contribution in [0.4, 0.5) is 0 Å². The number of carbonyl (C=O) groups excluding carboxylic acids is 1. The lowest BCUT2D eigenvalue weighted by Crippen LogP contribution is -2.42. The molecule has 0 amide bonds. The van der Waals surface area contributed by atoms with Crippen molar-refractivity contribution in [2.75, 3.05) is 26.2 Å². The molecule has 1 fully saturated rings. The Balaban J connectivity index is 0.00000324. The van der Waals surface area contributed by atoms with Crippen LogP contribution in [-0.2, 0) is 9.53 Å². The van der Waals surface area contributed by atoms with E-state index in [9.17, 15) is 4.79 Å². The molecule has 6 heteroatoms. The molecule has 0 radical (unpaired) electrons. The molecule has 1 rings (SSSR count). The Morgan fingerprint density at radius 2 is 2.05 bits per heavy atom. The van der Waals surface area contributed by atoms with Crippen molar-refractivity contribution < 1.29 is 9.53 Å². The molecule has 1 saturated heterocycles. The molecule has 0 saturated carbocycles. The lowest BCUT2D eigenvalue weighted by atomic mass is 10.00. The zero-order chi connectivity index (χ0) is 13.4. The molecule has 0 unspecified atom stereocenters. The Morgan fingerprint density at radius 1 is 1.42 bits per heavy atom. The van der Waals surface area contributed by atoms with E-state index in [0.29, 0.717) is 32.0 Å². The van der Waals surface area contributed by atoms with Crippen molar-refractivity contribution in [2.45, 2.75) is 39.5 Å². The first-order valence-corrected chi connectivity index (χ1v) is 6.84. The second-order valence-corrected chi connectivity index (χ2v) is 4.82. The van der Waals surface area contributed by atoms with Crippen LogP contribution >= 0.6 is 24.0 Å². The lowest BCUT2D eigenvalue weighted by molar-refractivity contribution is -0.143. The second kappa shape index (κ2) is 10.3. The van der Waals surface area contributed by atoms with Gasteiger partial charge in [0.05, 0.1) is 6.61 Å². The first kappa shape index (κ1) is 18.5. The minimum absolute atomic E-state index is 0. The summed E-state index contributed by atoms with van der Waals surface area (Å²) in [4.78, 5) is 17.6.